The molecule has 0 aliphatic carbocycles. The van der Waals surface area contributed by atoms with Crippen LogP contribution in [0.1, 0.15) is 29.2 Å². The van der Waals surface area contributed by atoms with Crippen LogP contribution < -0.4 is 4.90 Å². The van der Waals surface area contributed by atoms with Gasteiger partial charge in [-0.3, -0.25) is 9.59 Å². The van der Waals surface area contributed by atoms with Crippen LogP contribution in [0.15, 0.2) is 47.4 Å². The normalized spacial score (nSPS) is 14.6. The third-order valence-electron chi connectivity index (χ3n) is 4.28. The number of hydrogen-bond acceptors (Lipinski definition) is 3. The second-order valence-corrected chi connectivity index (χ2v) is 7.51. The molecule has 2 aromatic carbocycles. The lowest BCUT2D eigenvalue weighted by Gasteiger charge is -2.18. The molecule has 0 N–H and O–H groups in total. The molecule has 1 heterocycles. The topological polar surface area (TPSA) is 37.4 Å². The number of anilines is 1. The maximum Gasteiger partial charge on any atom is 0.272 e. The van der Waals surface area contributed by atoms with E-state index >= 15 is 0 Å². The molecule has 128 valence electrons. The minimum atomic E-state index is -0.237. The zero-order valence-electron chi connectivity index (χ0n) is 14.9. The Morgan fingerprint density at radius 2 is 1.52 bits per heavy atom. The molecule has 2 aromatic rings. The van der Waals surface area contributed by atoms with Gasteiger partial charge in [-0.15, -0.1) is 11.8 Å². The largest absolute Gasteiger partial charge is 0.272 e. The monoisotopic (exact) mass is 351 g/mol. The molecule has 0 atom stereocenters. The first-order chi connectivity index (χ1) is 11.9. The van der Waals surface area contributed by atoms with E-state index in [0.717, 1.165) is 28.0 Å². The molecule has 25 heavy (non-hydrogen) atoms. The van der Waals surface area contributed by atoms with Crippen LogP contribution in [-0.2, 0) is 9.59 Å². The third kappa shape index (κ3) is 3.14. The van der Waals surface area contributed by atoms with Crippen molar-refractivity contribution >= 4 is 34.8 Å². The van der Waals surface area contributed by atoms with E-state index in [0.29, 0.717) is 16.2 Å². The van der Waals surface area contributed by atoms with Gasteiger partial charge in [0.25, 0.3) is 11.8 Å². The van der Waals surface area contributed by atoms with Crippen molar-refractivity contribution in [3.8, 4) is 0 Å². The molecular weight excluding hydrogens is 330 g/mol. The predicted octanol–water partition coefficient (Wildman–Crippen LogP) is 4.65. The van der Waals surface area contributed by atoms with Gasteiger partial charge in [-0.25, -0.2) is 4.90 Å². The van der Waals surface area contributed by atoms with Crippen LogP contribution in [0.5, 0.6) is 0 Å². The van der Waals surface area contributed by atoms with Crippen LogP contribution in [0, 0.1) is 20.8 Å². The molecule has 3 nitrogen and oxygen atoms in total. The molecule has 0 fully saturated rings. The van der Waals surface area contributed by atoms with Crippen molar-refractivity contribution in [3.63, 3.8) is 0 Å². The molecule has 3 rings (SSSR count). The van der Waals surface area contributed by atoms with Crippen LogP contribution in [-0.4, -0.2) is 17.6 Å². The van der Waals surface area contributed by atoms with E-state index in [4.69, 9.17) is 0 Å². The lowest BCUT2D eigenvalue weighted by Crippen LogP contribution is -2.32. The van der Waals surface area contributed by atoms with Crippen LogP contribution in [0.25, 0.3) is 5.57 Å². The maximum atomic E-state index is 13.2. The zero-order valence-corrected chi connectivity index (χ0v) is 15.7. The first kappa shape index (κ1) is 17.5. The molecule has 0 radical (unpaired) electrons. The van der Waals surface area contributed by atoms with Crippen molar-refractivity contribution in [2.75, 3.05) is 10.7 Å². The average molecular weight is 351 g/mol. The smallest absolute Gasteiger partial charge is 0.268 e. The molecule has 2 amide bonds. The molecule has 0 unspecified atom stereocenters. The van der Waals surface area contributed by atoms with Crippen LogP contribution in [0.3, 0.4) is 0 Å². The molecule has 0 saturated heterocycles. The van der Waals surface area contributed by atoms with Gasteiger partial charge in [0.05, 0.1) is 16.2 Å². The summed E-state index contributed by atoms with van der Waals surface area (Å²) in [6.45, 7) is 7.88. The number of thioether (sulfide) groups is 1. The summed E-state index contributed by atoms with van der Waals surface area (Å²) in [5.74, 6) is 0.282. The summed E-state index contributed by atoms with van der Waals surface area (Å²) in [6, 6.07) is 13.6. The van der Waals surface area contributed by atoms with Gasteiger partial charge in [0.15, 0.2) is 0 Å². The minimum Gasteiger partial charge on any atom is -0.268 e. The minimum absolute atomic E-state index is 0.221. The number of aryl methyl sites for hydroxylation is 3. The van der Waals surface area contributed by atoms with E-state index in [1.54, 1.807) is 0 Å². The quantitative estimate of drug-likeness (QED) is 0.753. The average Bonchev–Trinajstić information content (AvgIpc) is 2.82. The Morgan fingerprint density at radius 3 is 2.16 bits per heavy atom. The van der Waals surface area contributed by atoms with E-state index < -0.39 is 0 Å². The first-order valence-corrected chi connectivity index (χ1v) is 9.32. The molecule has 0 saturated carbocycles. The second-order valence-electron chi connectivity index (χ2n) is 6.24. The molecule has 1 aliphatic rings. The lowest BCUT2D eigenvalue weighted by atomic mass is 10.0. The first-order valence-electron chi connectivity index (χ1n) is 8.34. The Labute approximate surface area is 152 Å². The highest BCUT2D eigenvalue weighted by molar-refractivity contribution is 8.04. The Hall–Kier alpha value is -2.33. The van der Waals surface area contributed by atoms with Crippen molar-refractivity contribution < 1.29 is 9.59 Å². The number of hydrogen-bond donors (Lipinski definition) is 0. The van der Waals surface area contributed by atoms with E-state index in [1.165, 1.54) is 16.7 Å². The number of carbonyl (C=O) groups is 2. The summed E-state index contributed by atoms with van der Waals surface area (Å²) in [5, 5.41) is 0. The van der Waals surface area contributed by atoms with E-state index in [1.807, 2.05) is 70.2 Å². The summed E-state index contributed by atoms with van der Waals surface area (Å²) in [6.07, 6.45) is 0. The number of amides is 2. The van der Waals surface area contributed by atoms with E-state index in [9.17, 15) is 9.59 Å². The Morgan fingerprint density at radius 1 is 0.880 bits per heavy atom. The third-order valence-corrected chi connectivity index (χ3v) is 5.23. The van der Waals surface area contributed by atoms with Crippen molar-refractivity contribution in [1.82, 2.24) is 0 Å². The van der Waals surface area contributed by atoms with Gasteiger partial charge < -0.3 is 0 Å². The molecule has 1 aliphatic heterocycles. The number of carbonyl (C=O) groups excluding carboxylic acids is 2. The summed E-state index contributed by atoms with van der Waals surface area (Å²) in [5.41, 5.74) is 5.04. The highest BCUT2D eigenvalue weighted by Gasteiger charge is 2.40. The fourth-order valence-electron chi connectivity index (χ4n) is 2.94. The lowest BCUT2D eigenvalue weighted by molar-refractivity contribution is -0.119. The summed E-state index contributed by atoms with van der Waals surface area (Å²) < 4.78 is 0. The van der Waals surface area contributed by atoms with Crippen LogP contribution in [0.2, 0.25) is 0 Å². The van der Waals surface area contributed by atoms with Crippen molar-refractivity contribution in [1.29, 1.82) is 0 Å². The van der Waals surface area contributed by atoms with Crippen LogP contribution in [0.4, 0.5) is 5.69 Å². The van der Waals surface area contributed by atoms with Crippen molar-refractivity contribution in [2.45, 2.75) is 27.7 Å². The van der Waals surface area contributed by atoms with Gasteiger partial charge in [0, 0.05) is 0 Å². The van der Waals surface area contributed by atoms with Crippen LogP contribution >= 0.6 is 11.8 Å². The van der Waals surface area contributed by atoms with E-state index in [-0.39, 0.29) is 11.8 Å². The number of benzene rings is 2. The van der Waals surface area contributed by atoms with Gasteiger partial charge in [-0.05, 0) is 49.3 Å². The Balaban J connectivity index is 2.13. The molecule has 0 spiro atoms. The molecule has 0 bridgehead atoms. The van der Waals surface area contributed by atoms with Gasteiger partial charge in [0.2, 0.25) is 0 Å². The number of imide groups is 1. The number of nitrogens with zero attached hydrogens (tertiary/aromatic N) is 1. The van der Waals surface area contributed by atoms with Crippen molar-refractivity contribution in [3.05, 3.63) is 69.6 Å². The van der Waals surface area contributed by atoms with E-state index in [2.05, 4.69) is 0 Å². The highest BCUT2D eigenvalue weighted by Crippen LogP contribution is 2.39. The highest BCUT2D eigenvalue weighted by atomic mass is 32.2. The van der Waals surface area contributed by atoms with Gasteiger partial charge in [-0.1, -0.05) is 48.9 Å². The summed E-state index contributed by atoms with van der Waals surface area (Å²) in [7, 11) is 0. The Bertz CT molecular complexity index is 881. The fraction of sp³-hybridized carbons (Fsp3) is 0.238. The van der Waals surface area contributed by atoms with Gasteiger partial charge >= 0.3 is 0 Å². The Kier molecular flexibility index (Phi) is 4.82. The maximum absolute atomic E-state index is 13.2. The molecule has 4 heteroatoms. The molecule has 0 aromatic heterocycles. The number of rotatable bonds is 4. The SMILES string of the molecule is CCSC1=C(c2ccc(C)cc2)C(=O)N(c2cc(C)ccc2C)C1=O. The van der Waals surface area contributed by atoms with Crippen molar-refractivity contribution in [2.24, 2.45) is 0 Å². The molecular formula is C21H21NO2S. The summed E-state index contributed by atoms with van der Waals surface area (Å²) >= 11 is 1.43. The zero-order chi connectivity index (χ0) is 18.1. The predicted molar refractivity (Wildman–Crippen MR) is 105 cm³/mol. The standard InChI is InChI=1S/C21H21NO2S/c1-5-25-19-18(16-10-7-13(2)8-11-16)20(23)22(21(19)24)17-12-14(3)6-9-15(17)4/h6-12H,5H2,1-4H3. The van der Waals surface area contributed by atoms with Gasteiger partial charge in [-0.2, -0.15) is 0 Å². The fourth-order valence-corrected chi connectivity index (χ4v) is 3.79. The second kappa shape index (κ2) is 6.89. The summed E-state index contributed by atoms with van der Waals surface area (Å²) in [4.78, 5) is 28.1. The van der Waals surface area contributed by atoms with Gasteiger partial charge in [0.1, 0.15) is 0 Å².